The summed E-state index contributed by atoms with van der Waals surface area (Å²) >= 11 is 0. The minimum atomic E-state index is -1.32. The van der Waals surface area contributed by atoms with Gasteiger partial charge in [-0.25, -0.2) is 4.79 Å². The van der Waals surface area contributed by atoms with Crippen LogP contribution in [0.4, 0.5) is 0 Å². The van der Waals surface area contributed by atoms with Gasteiger partial charge in [0, 0.05) is 5.92 Å². The molecule has 5 unspecified atom stereocenters. The van der Waals surface area contributed by atoms with Gasteiger partial charge in [-0.15, -0.1) is 0 Å². The molecule has 3 aliphatic rings. The molecule has 0 aromatic carbocycles. The zero-order valence-electron chi connectivity index (χ0n) is 10.4. The summed E-state index contributed by atoms with van der Waals surface area (Å²) in [6, 6.07) is -1.32. The van der Waals surface area contributed by atoms with E-state index in [1.54, 1.807) is 0 Å². The fourth-order valence-electron chi connectivity index (χ4n) is 4.32. The first kappa shape index (κ1) is 12.4. The molecule has 3 saturated carbocycles. The quantitative estimate of drug-likeness (QED) is 0.665. The van der Waals surface area contributed by atoms with Gasteiger partial charge >= 0.3 is 11.9 Å². The van der Waals surface area contributed by atoms with Crippen LogP contribution in [0.5, 0.6) is 0 Å². The summed E-state index contributed by atoms with van der Waals surface area (Å²) in [5.41, 5.74) is 0. The molecule has 0 aromatic rings. The van der Waals surface area contributed by atoms with Gasteiger partial charge in [-0.3, -0.25) is 9.59 Å². The van der Waals surface area contributed by atoms with Crippen LogP contribution in [-0.2, 0) is 14.4 Å². The van der Waals surface area contributed by atoms with Crippen molar-refractivity contribution in [3.05, 3.63) is 0 Å². The van der Waals surface area contributed by atoms with Gasteiger partial charge in [0.2, 0.25) is 5.91 Å². The number of rotatable bonds is 5. The maximum atomic E-state index is 12.1. The second-order valence-electron chi connectivity index (χ2n) is 6.01. The molecule has 0 aliphatic heterocycles. The van der Waals surface area contributed by atoms with Crippen molar-refractivity contribution in [1.29, 1.82) is 0 Å². The molecular weight excluding hydrogens is 250 g/mol. The highest BCUT2D eigenvalue weighted by molar-refractivity contribution is 5.89. The smallest absolute Gasteiger partial charge is 0.326 e. The van der Waals surface area contributed by atoms with Crippen LogP contribution in [0, 0.1) is 29.6 Å². The number of amides is 1. The lowest BCUT2D eigenvalue weighted by molar-refractivity contribution is -0.147. The molecule has 0 radical (unpaired) electrons. The molecule has 6 heteroatoms. The summed E-state index contributed by atoms with van der Waals surface area (Å²) in [5, 5.41) is 19.9. The molecule has 3 rings (SSSR count). The van der Waals surface area contributed by atoms with Crippen molar-refractivity contribution in [2.75, 3.05) is 0 Å². The molecule has 19 heavy (non-hydrogen) atoms. The Kier molecular flexibility index (Phi) is 2.76. The van der Waals surface area contributed by atoms with Gasteiger partial charge in [0.25, 0.3) is 0 Å². The zero-order valence-corrected chi connectivity index (χ0v) is 10.4. The van der Waals surface area contributed by atoms with E-state index in [4.69, 9.17) is 10.2 Å². The number of hydrogen-bond acceptors (Lipinski definition) is 3. The second-order valence-corrected chi connectivity index (χ2v) is 6.01. The van der Waals surface area contributed by atoms with Crippen molar-refractivity contribution < 1.29 is 24.6 Å². The number of aliphatic carboxylic acids is 2. The normalized spacial score (nSPS) is 39.5. The lowest BCUT2D eigenvalue weighted by Crippen LogP contribution is -2.43. The number of carbonyl (C=O) groups excluding carboxylic acids is 1. The molecule has 3 fully saturated rings. The molecule has 3 aliphatic carbocycles. The van der Waals surface area contributed by atoms with Gasteiger partial charge in [-0.05, 0) is 42.9 Å². The Bertz CT molecular complexity index is 432. The maximum Gasteiger partial charge on any atom is 0.326 e. The predicted octanol–water partition coefficient (Wildman–Crippen LogP) is 0.323. The van der Waals surface area contributed by atoms with Crippen molar-refractivity contribution in [1.82, 2.24) is 5.32 Å². The number of hydrogen-bond donors (Lipinski definition) is 3. The minimum Gasteiger partial charge on any atom is -0.481 e. The molecule has 6 nitrogen and oxygen atoms in total. The third-order valence-corrected chi connectivity index (χ3v) is 5.03. The average Bonchev–Trinajstić information content (AvgIpc) is 2.77. The van der Waals surface area contributed by atoms with Gasteiger partial charge in [0.1, 0.15) is 6.04 Å². The van der Waals surface area contributed by atoms with Gasteiger partial charge in [-0.2, -0.15) is 0 Å². The summed E-state index contributed by atoms with van der Waals surface area (Å²) < 4.78 is 0. The van der Waals surface area contributed by atoms with Crippen molar-refractivity contribution in [3.63, 3.8) is 0 Å². The molecule has 0 saturated heterocycles. The van der Waals surface area contributed by atoms with Crippen LogP contribution in [0.1, 0.15) is 25.7 Å². The van der Waals surface area contributed by atoms with E-state index in [-0.39, 0.29) is 11.8 Å². The van der Waals surface area contributed by atoms with Crippen molar-refractivity contribution in [3.8, 4) is 0 Å². The Balaban J connectivity index is 1.60. The number of fused-ring (bicyclic) bond motifs is 5. The van der Waals surface area contributed by atoms with Crippen LogP contribution in [0.3, 0.4) is 0 Å². The molecule has 1 amide bonds. The van der Waals surface area contributed by atoms with Crippen molar-refractivity contribution >= 4 is 17.8 Å². The van der Waals surface area contributed by atoms with Crippen LogP contribution in [0.2, 0.25) is 0 Å². The highest BCUT2D eigenvalue weighted by Gasteiger charge is 2.67. The van der Waals surface area contributed by atoms with Crippen LogP contribution in [0.15, 0.2) is 0 Å². The van der Waals surface area contributed by atoms with Gasteiger partial charge in [-0.1, -0.05) is 0 Å². The SMILES string of the molecule is O=C(O)CC(NC(=O)C1C2C3CCC(C3)C12)C(=O)O. The van der Waals surface area contributed by atoms with Gasteiger partial charge in [0.15, 0.2) is 0 Å². The van der Waals surface area contributed by atoms with E-state index in [1.165, 1.54) is 19.3 Å². The van der Waals surface area contributed by atoms with E-state index >= 15 is 0 Å². The molecule has 104 valence electrons. The van der Waals surface area contributed by atoms with E-state index in [2.05, 4.69) is 5.32 Å². The Morgan fingerprint density at radius 3 is 2.16 bits per heavy atom. The van der Waals surface area contributed by atoms with Crippen LogP contribution < -0.4 is 5.32 Å². The highest BCUT2D eigenvalue weighted by atomic mass is 16.4. The summed E-state index contributed by atoms with van der Waals surface area (Å²) in [4.78, 5) is 33.6. The summed E-state index contributed by atoms with van der Waals surface area (Å²) in [6.07, 6.45) is 3.02. The van der Waals surface area contributed by atoms with Crippen LogP contribution >= 0.6 is 0 Å². The number of nitrogens with one attached hydrogen (secondary N) is 1. The Labute approximate surface area is 110 Å². The molecule has 0 heterocycles. The van der Waals surface area contributed by atoms with Crippen molar-refractivity contribution in [2.24, 2.45) is 29.6 Å². The van der Waals surface area contributed by atoms with Crippen LogP contribution in [0.25, 0.3) is 0 Å². The third-order valence-electron chi connectivity index (χ3n) is 5.03. The molecule has 0 aromatic heterocycles. The average molecular weight is 267 g/mol. The molecule has 0 spiro atoms. The lowest BCUT2D eigenvalue weighted by atomic mass is 10.0. The summed E-state index contributed by atoms with van der Waals surface area (Å²) in [5.74, 6) is -0.714. The van der Waals surface area contributed by atoms with Crippen LogP contribution in [-0.4, -0.2) is 34.1 Å². The van der Waals surface area contributed by atoms with E-state index in [0.717, 1.165) is 0 Å². The minimum absolute atomic E-state index is 0.0677. The van der Waals surface area contributed by atoms with E-state index in [1.807, 2.05) is 0 Å². The second kappa shape index (κ2) is 4.21. The number of carboxylic acids is 2. The zero-order chi connectivity index (χ0) is 13.7. The first-order valence-corrected chi connectivity index (χ1v) is 6.74. The molecule has 5 atom stereocenters. The van der Waals surface area contributed by atoms with E-state index < -0.39 is 24.4 Å². The predicted molar refractivity (Wildman–Crippen MR) is 63.1 cm³/mol. The first-order valence-electron chi connectivity index (χ1n) is 6.74. The molecule has 3 N–H and O–H groups in total. The summed E-state index contributed by atoms with van der Waals surface area (Å²) in [7, 11) is 0. The van der Waals surface area contributed by atoms with E-state index in [9.17, 15) is 14.4 Å². The number of carbonyl (C=O) groups is 3. The highest BCUT2D eigenvalue weighted by Crippen LogP contribution is 2.69. The molecular formula is C13H17NO5. The molecule has 2 bridgehead atoms. The third kappa shape index (κ3) is 1.99. The fraction of sp³-hybridized carbons (Fsp3) is 0.769. The standard InChI is InChI=1S/C13H17NO5/c15-8(16)4-7(13(18)19)14-12(17)11-9-5-1-2-6(3-5)10(9)11/h5-7,9-11H,1-4H2,(H,14,17)(H,15,16)(H,18,19). The largest absolute Gasteiger partial charge is 0.481 e. The fourth-order valence-corrected chi connectivity index (χ4v) is 4.32. The summed E-state index contributed by atoms with van der Waals surface area (Å²) in [6.45, 7) is 0. The Morgan fingerprint density at radius 1 is 1.11 bits per heavy atom. The Hall–Kier alpha value is -1.59. The maximum absolute atomic E-state index is 12.1. The van der Waals surface area contributed by atoms with Gasteiger partial charge in [0.05, 0.1) is 6.42 Å². The monoisotopic (exact) mass is 267 g/mol. The van der Waals surface area contributed by atoms with Crippen molar-refractivity contribution in [2.45, 2.75) is 31.7 Å². The first-order chi connectivity index (χ1) is 8.99. The topological polar surface area (TPSA) is 104 Å². The van der Waals surface area contributed by atoms with Gasteiger partial charge < -0.3 is 15.5 Å². The van der Waals surface area contributed by atoms with E-state index in [0.29, 0.717) is 23.7 Å². The Morgan fingerprint density at radius 2 is 1.68 bits per heavy atom. The number of carboxylic acid groups (broad SMARTS) is 2. The lowest BCUT2D eigenvalue weighted by Gasteiger charge is -2.14.